The van der Waals surface area contributed by atoms with Gasteiger partial charge in [0, 0.05) is 24.4 Å². The van der Waals surface area contributed by atoms with E-state index in [4.69, 9.17) is 0 Å². The number of halogens is 1. The summed E-state index contributed by atoms with van der Waals surface area (Å²) in [5, 5.41) is 6.41. The topological polar surface area (TPSA) is 82.6 Å². The standard InChI is InChI=1S/C17H30N4O2S2.HI/c1-6-18-16(19-11-12-24-5)20-13-14-9-7-8-10-15(14)25(22,23)21-17(2,3)4;/h7-10,21H,6,11-13H2,1-5H3,(H2,18,19,20);1H. The molecule has 0 heterocycles. The molecule has 0 saturated heterocycles. The maximum absolute atomic E-state index is 12.7. The van der Waals surface area contributed by atoms with Crippen molar-refractivity contribution in [1.82, 2.24) is 15.4 Å². The number of thioether (sulfide) groups is 1. The largest absolute Gasteiger partial charge is 0.357 e. The molecule has 1 aromatic rings. The van der Waals surface area contributed by atoms with Crippen LogP contribution in [0.3, 0.4) is 0 Å². The lowest BCUT2D eigenvalue weighted by Gasteiger charge is -2.21. The summed E-state index contributed by atoms with van der Waals surface area (Å²) in [5.41, 5.74) is 0.130. The van der Waals surface area contributed by atoms with Crippen LogP contribution in [0.5, 0.6) is 0 Å². The van der Waals surface area contributed by atoms with Gasteiger partial charge in [-0.25, -0.2) is 18.1 Å². The molecule has 0 unspecified atom stereocenters. The molecule has 0 bridgehead atoms. The molecular formula is C17H31IN4O2S2. The van der Waals surface area contributed by atoms with E-state index < -0.39 is 15.6 Å². The normalized spacial score (nSPS) is 12.4. The van der Waals surface area contributed by atoms with Crippen molar-refractivity contribution in [2.45, 2.75) is 44.7 Å². The third kappa shape index (κ3) is 9.43. The van der Waals surface area contributed by atoms with Gasteiger partial charge in [-0.2, -0.15) is 11.8 Å². The molecule has 150 valence electrons. The van der Waals surface area contributed by atoms with Crippen LogP contribution in [0.2, 0.25) is 0 Å². The first-order valence-electron chi connectivity index (χ1n) is 8.32. The Morgan fingerprint density at radius 1 is 1.19 bits per heavy atom. The Hall–Kier alpha value is -0.520. The second-order valence-electron chi connectivity index (χ2n) is 6.58. The van der Waals surface area contributed by atoms with E-state index in [0.29, 0.717) is 11.5 Å². The highest BCUT2D eigenvalue weighted by atomic mass is 127. The molecule has 0 radical (unpaired) electrons. The van der Waals surface area contributed by atoms with E-state index in [1.165, 1.54) is 0 Å². The number of nitrogens with one attached hydrogen (secondary N) is 3. The lowest BCUT2D eigenvalue weighted by Crippen LogP contribution is -2.41. The maximum atomic E-state index is 12.7. The summed E-state index contributed by atoms with van der Waals surface area (Å²) < 4.78 is 28.0. The molecule has 0 aliphatic rings. The lowest BCUT2D eigenvalue weighted by molar-refractivity contribution is 0.491. The zero-order chi connectivity index (χ0) is 18.9. The molecular weight excluding hydrogens is 483 g/mol. The van der Waals surface area contributed by atoms with Gasteiger partial charge >= 0.3 is 0 Å². The van der Waals surface area contributed by atoms with Gasteiger partial charge < -0.3 is 10.6 Å². The molecule has 9 heteroatoms. The minimum absolute atomic E-state index is 0. The van der Waals surface area contributed by atoms with Gasteiger partial charge in [0.15, 0.2) is 5.96 Å². The average molecular weight is 514 g/mol. The monoisotopic (exact) mass is 514 g/mol. The fourth-order valence-electron chi connectivity index (χ4n) is 2.13. The molecule has 0 amide bonds. The molecule has 0 spiro atoms. The van der Waals surface area contributed by atoms with Crippen LogP contribution in [0, 0.1) is 0 Å². The van der Waals surface area contributed by atoms with Crippen molar-refractivity contribution in [3.05, 3.63) is 29.8 Å². The van der Waals surface area contributed by atoms with Crippen molar-refractivity contribution in [3.8, 4) is 0 Å². The summed E-state index contributed by atoms with van der Waals surface area (Å²) in [4.78, 5) is 4.79. The highest BCUT2D eigenvalue weighted by Crippen LogP contribution is 2.18. The zero-order valence-electron chi connectivity index (χ0n) is 16.1. The fourth-order valence-corrected chi connectivity index (χ4v) is 4.09. The second kappa shape index (κ2) is 12.0. The van der Waals surface area contributed by atoms with Crippen LogP contribution < -0.4 is 15.4 Å². The van der Waals surface area contributed by atoms with Crippen LogP contribution in [0.4, 0.5) is 0 Å². The van der Waals surface area contributed by atoms with Gasteiger partial charge in [-0.05, 0) is 45.6 Å². The molecule has 3 N–H and O–H groups in total. The smallest absolute Gasteiger partial charge is 0.241 e. The number of sulfonamides is 1. The van der Waals surface area contributed by atoms with Gasteiger partial charge in [0.2, 0.25) is 10.0 Å². The number of rotatable bonds is 8. The number of hydrogen-bond acceptors (Lipinski definition) is 4. The molecule has 6 nitrogen and oxygen atoms in total. The zero-order valence-corrected chi connectivity index (χ0v) is 20.1. The number of nitrogens with zero attached hydrogens (tertiary/aromatic N) is 1. The van der Waals surface area contributed by atoms with Gasteiger partial charge in [0.25, 0.3) is 0 Å². The van der Waals surface area contributed by atoms with Gasteiger partial charge in [0.05, 0.1) is 11.4 Å². The van der Waals surface area contributed by atoms with E-state index in [2.05, 4.69) is 26.6 Å². The van der Waals surface area contributed by atoms with Gasteiger partial charge in [-0.1, -0.05) is 18.2 Å². The Kier molecular flexibility index (Phi) is 11.8. The predicted octanol–water partition coefficient (Wildman–Crippen LogP) is 2.80. The quantitative estimate of drug-likeness (QED) is 0.215. The van der Waals surface area contributed by atoms with E-state index in [9.17, 15) is 8.42 Å². The first-order chi connectivity index (χ1) is 11.7. The Labute approximate surface area is 179 Å². The molecule has 1 rings (SSSR count). The molecule has 0 fully saturated rings. The number of benzene rings is 1. The first-order valence-corrected chi connectivity index (χ1v) is 11.2. The summed E-state index contributed by atoms with van der Waals surface area (Å²) in [6, 6.07) is 6.97. The van der Waals surface area contributed by atoms with E-state index in [-0.39, 0.29) is 35.4 Å². The molecule has 0 aliphatic carbocycles. The molecule has 0 aromatic heterocycles. The van der Waals surface area contributed by atoms with Gasteiger partial charge in [-0.3, -0.25) is 0 Å². The number of hydrogen-bond donors (Lipinski definition) is 3. The minimum atomic E-state index is -3.59. The van der Waals surface area contributed by atoms with Crippen molar-refractivity contribution < 1.29 is 8.42 Å². The summed E-state index contributed by atoms with van der Waals surface area (Å²) in [6.07, 6.45) is 2.05. The van der Waals surface area contributed by atoms with E-state index >= 15 is 0 Å². The van der Waals surface area contributed by atoms with E-state index in [1.54, 1.807) is 30.0 Å². The highest BCUT2D eigenvalue weighted by molar-refractivity contribution is 14.0. The summed E-state index contributed by atoms with van der Waals surface area (Å²) in [6.45, 7) is 9.31. The lowest BCUT2D eigenvalue weighted by atomic mass is 10.1. The summed E-state index contributed by atoms with van der Waals surface area (Å²) >= 11 is 1.75. The minimum Gasteiger partial charge on any atom is -0.357 e. The number of guanidine groups is 1. The highest BCUT2D eigenvalue weighted by Gasteiger charge is 2.24. The Bertz CT molecular complexity index is 674. The molecule has 26 heavy (non-hydrogen) atoms. The van der Waals surface area contributed by atoms with Crippen molar-refractivity contribution in [2.75, 3.05) is 25.1 Å². The van der Waals surface area contributed by atoms with E-state index in [0.717, 1.165) is 18.8 Å². The van der Waals surface area contributed by atoms with Crippen molar-refractivity contribution >= 4 is 51.7 Å². The summed E-state index contributed by atoms with van der Waals surface area (Å²) in [5.74, 6) is 1.66. The van der Waals surface area contributed by atoms with Crippen molar-refractivity contribution in [3.63, 3.8) is 0 Å². The van der Waals surface area contributed by atoms with Gasteiger partial charge in [0.1, 0.15) is 0 Å². The Balaban J connectivity index is 0.00000625. The van der Waals surface area contributed by atoms with Crippen molar-refractivity contribution in [2.24, 2.45) is 4.99 Å². The average Bonchev–Trinajstić information content (AvgIpc) is 2.51. The van der Waals surface area contributed by atoms with Crippen LogP contribution in [0.25, 0.3) is 0 Å². The third-order valence-electron chi connectivity index (χ3n) is 3.05. The van der Waals surface area contributed by atoms with Gasteiger partial charge in [-0.15, -0.1) is 24.0 Å². The van der Waals surface area contributed by atoms with Crippen LogP contribution in [-0.4, -0.2) is 45.0 Å². The Morgan fingerprint density at radius 2 is 1.85 bits per heavy atom. The van der Waals surface area contributed by atoms with Crippen LogP contribution >= 0.6 is 35.7 Å². The molecule has 0 atom stereocenters. The number of aliphatic imine (C=N–C) groups is 1. The third-order valence-corrected chi connectivity index (χ3v) is 5.52. The molecule has 0 saturated carbocycles. The van der Waals surface area contributed by atoms with Crippen LogP contribution in [0.1, 0.15) is 33.3 Å². The SMILES string of the molecule is CCNC(=NCc1ccccc1S(=O)(=O)NC(C)(C)C)NCCSC.I. The first kappa shape index (κ1) is 25.5. The Morgan fingerprint density at radius 3 is 2.42 bits per heavy atom. The summed E-state index contributed by atoms with van der Waals surface area (Å²) in [7, 11) is -3.59. The van der Waals surface area contributed by atoms with Crippen LogP contribution in [-0.2, 0) is 16.6 Å². The molecule has 0 aliphatic heterocycles. The molecule has 1 aromatic carbocycles. The second-order valence-corrected chi connectivity index (χ2v) is 9.21. The van der Waals surface area contributed by atoms with E-state index in [1.807, 2.05) is 33.8 Å². The van der Waals surface area contributed by atoms with Crippen LogP contribution in [0.15, 0.2) is 34.2 Å². The van der Waals surface area contributed by atoms with Crippen molar-refractivity contribution in [1.29, 1.82) is 0 Å². The maximum Gasteiger partial charge on any atom is 0.241 e. The fraction of sp³-hybridized carbons (Fsp3) is 0.588. The predicted molar refractivity (Wildman–Crippen MR) is 123 cm³/mol.